The van der Waals surface area contributed by atoms with Crippen LogP contribution in [0.2, 0.25) is 0 Å². The predicted octanol–water partition coefficient (Wildman–Crippen LogP) is 2.75. The van der Waals surface area contributed by atoms with Crippen LogP contribution in [0.1, 0.15) is 31.0 Å². The number of carbonyl (C=O) groups is 1. The van der Waals surface area contributed by atoms with Crippen LogP contribution in [0.4, 0.5) is 5.82 Å². The van der Waals surface area contributed by atoms with E-state index in [0.717, 1.165) is 37.3 Å². The highest BCUT2D eigenvalue weighted by Crippen LogP contribution is 2.31. The van der Waals surface area contributed by atoms with Crippen molar-refractivity contribution < 1.29 is 4.79 Å². The molecule has 0 unspecified atom stereocenters. The third kappa shape index (κ3) is 4.35. The lowest BCUT2D eigenvalue weighted by molar-refractivity contribution is -0.130. The Morgan fingerprint density at radius 2 is 2.08 bits per heavy atom. The SMILES string of the molecule is Cc1cc(N2CCC[C@](C)(C(=O)NCCc3ccccc3)C2)ncn1. The van der Waals surface area contributed by atoms with Gasteiger partial charge in [-0.25, -0.2) is 9.97 Å². The van der Waals surface area contributed by atoms with Gasteiger partial charge in [0.05, 0.1) is 5.41 Å². The van der Waals surface area contributed by atoms with E-state index >= 15 is 0 Å². The topological polar surface area (TPSA) is 58.1 Å². The summed E-state index contributed by atoms with van der Waals surface area (Å²) in [4.78, 5) is 23.5. The minimum atomic E-state index is -0.381. The molecule has 1 aromatic heterocycles. The molecule has 0 saturated carbocycles. The molecule has 2 heterocycles. The maximum absolute atomic E-state index is 12.8. The molecule has 1 N–H and O–H groups in total. The highest BCUT2D eigenvalue weighted by atomic mass is 16.2. The van der Waals surface area contributed by atoms with Gasteiger partial charge in [0.15, 0.2) is 0 Å². The number of benzene rings is 1. The van der Waals surface area contributed by atoms with Gasteiger partial charge in [0.2, 0.25) is 5.91 Å². The van der Waals surface area contributed by atoms with Gasteiger partial charge in [-0.1, -0.05) is 30.3 Å². The van der Waals surface area contributed by atoms with E-state index in [2.05, 4.69) is 39.2 Å². The average Bonchev–Trinajstić information content (AvgIpc) is 2.62. The maximum atomic E-state index is 12.8. The first-order valence-corrected chi connectivity index (χ1v) is 8.93. The highest BCUT2D eigenvalue weighted by molar-refractivity contribution is 5.83. The number of nitrogens with zero attached hydrogens (tertiary/aromatic N) is 3. The smallest absolute Gasteiger partial charge is 0.227 e. The van der Waals surface area contributed by atoms with Crippen molar-refractivity contribution in [1.29, 1.82) is 0 Å². The van der Waals surface area contributed by atoms with Gasteiger partial charge < -0.3 is 10.2 Å². The second-order valence-corrected chi connectivity index (χ2v) is 7.09. The molecule has 0 aliphatic carbocycles. The molecule has 132 valence electrons. The Bertz CT molecular complexity index is 719. The molecule has 1 aromatic carbocycles. The van der Waals surface area contributed by atoms with Crippen molar-refractivity contribution in [2.75, 3.05) is 24.5 Å². The summed E-state index contributed by atoms with van der Waals surface area (Å²) in [7, 11) is 0. The van der Waals surface area contributed by atoms with E-state index in [1.165, 1.54) is 5.56 Å². The summed E-state index contributed by atoms with van der Waals surface area (Å²) in [6.07, 6.45) is 4.35. The Hall–Kier alpha value is -2.43. The van der Waals surface area contributed by atoms with Crippen LogP contribution in [0.25, 0.3) is 0 Å². The Kier molecular flexibility index (Phi) is 5.31. The third-order valence-corrected chi connectivity index (χ3v) is 4.90. The number of rotatable bonds is 5. The average molecular weight is 338 g/mol. The molecule has 1 amide bonds. The van der Waals surface area contributed by atoms with Gasteiger partial charge in [-0.05, 0) is 38.7 Å². The Labute approximate surface area is 149 Å². The van der Waals surface area contributed by atoms with Gasteiger partial charge in [0.1, 0.15) is 12.1 Å². The van der Waals surface area contributed by atoms with Crippen LogP contribution in [-0.2, 0) is 11.2 Å². The van der Waals surface area contributed by atoms with Crippen molar-refractivity contribution >= 4 is 11.7 Å². The minimum Gasteiger partial charge on any atom is -0.355 e. The van der Waals surface area contributed by atoms with E-state index in [0.29, 0.717) is 13.1 Å². The molecule has 1 aliphatic heterocycles. The first-order valence-electron chi connectivity index (χ1n) is 8.93. The van der Waals surface area contributed by atoms with Crippen LogP contribution in [0.3, 0.4) is 0 Å². The van der Waals surface area contributed by atoms with Crippen molar-refractivity contribution in [2.24, 2.45) is 5.41 Å². The largest absolute Gasteiger partial charge is 0.355 e. The lowest BCUT2D eigenvalue weighted by Gasteiger charge is -2.40. The zero-order chi connectivity index (χ0) is 17.7. The van der Waals surface area contributed by atoms with Crippen LogP contribution in [0.15, 0.2) is 42.7 Å². The van der Waals surface area contributed by atoms with Crippen LogP contribution in [0.5, 0.6) is 0 Å². The zero-order valence-electron chi connectivity index (χ0n) is 15.0. The van der Waals surface area contributed by atoms with E-state index < -0.39 is 0 Å². The van der Waals surface area contributed by atoms with E-state index in [1.807, 2.05) is 31.2 Å². The summed E-state index contributed by atoms with van der Waals surface area (Å²) >= 11 is 0. The number of aromatic nitrogens is 2. The van der Waals surface area contributed by atoms with Crippen molar-refractivity contribution in [1.82, 2.24) is 15.3 Å². The second kappa shape index (κ2) is 7.64. The fourth-order valence-electron chi connectivity index (χ4n) is 3.41. The van der Waals surface area contributed by atoms with E-state index in [4.69, 9.17) is 0 Å². The molecule has 1 saturated heterocycles. The monoisotopic (exact) mass is 338 g/mol. The Morgan fingerprint density at radius 3 is 2.84 bits per heavy atom. The van der Waals surface area contributed by atoms with Crippen molar-refractivity contribution in [3.05, 3.63) is 54.0 Å². The number of aryl methyl sites for hydroxylation is 1. The summed E-state index contributed by atoms with van der Waals surface area (Å²) in [5.41, 5.74) is 1.81. The van der Waals surface area contributed by atoms with Crippen molar-refractivity contribution in [2.45, 2.75) is 33.1 Å². The lowest BCUT2D eigenvalue weighted by atomic mass is 9.81. The maximum Gasteiger partial charge on any atom is 0.227 e. The summed E-state index contributed by atoms with van der Waals surface area (Å²) in [6, 6.07) is 12.2. The molecule has 0 radical (unpaired) electrons. The third-order valence-electron chi connectivity index (χ3n) is 4.90. The Balaban J connectivity index is 1.59. The predicted molar refractivity (Wildman–Crippen MR) is 99.5 cm³/mol. The summed E-state index contributed by atoms with van der Waals surface area (Å²) in [5, 5.41) is 3.13. The second-order valence-electron chi connectivity index (χ2n) is 7.09. The molecule has 2 aromatic rings. The first kappa shape index (κ1) is 17.4. The number of hydrogen-bond acceptors (Lipinski definition) is 4. The number of piperidine rings is 1. The van der Waals surface area contributed by atoms with Gasteiger partial charge in [-0.2, -0.15) is 0 Å². The number of anilines is 1. The summed E-state index contributed by atoms with van der Waals surface area (Å²) in [6.45, 7) is 6.32. The molecule has 0 bridgehead atoms. The number of nitrogens with one attached hydrogen (secondary N) is 1. The van der Waals surface area contributed by atoms with E-state index in [9.17, 15) is 4.79 Å². The minimum absolute atomic E-state index is 0.138. The van der Waals surface area contributed by atoms with Gasteiger partial charge in [0.25, 0.3) is 0 Å². The van der Waals surface area contributed by atoms with Crippen LogP contribution >= 0.6 is 0 Å². The molecular formula is C20H26N4O. The molecule has 3 rings (SSSR count). The molecule has 1 aliphatic rings. The fourth-order valence-corrected chi connectivity index (χ4v) is 3.41. The Morgan fingerprint density at radius 1 is 1.28 bits per heavy atom. The molecule has 5 heteroatoms. The number of amides is 1. The number of hydrogen-bond donors (Lipinski definition) is 1. The molecule has 25 heavy (non-hydrogen) atoms. The molecular weight excluding hydrogens is 312 g/mol. The highest BCUT2D eigenvalue weighted by Gasteiger charge is 2.38. The summed E-state index contributed by atoms with van der Waals surface area (Å²) < 4.78 is 0. The molecule has 5 nitrogen and oxygen atoms in total. The van der Waals surface area contributed by atoms with Crippen LogP contribution in [0, 0.1) is 12.3 Å². The standard InChI is InChI=1S/C20H26N4O/c1-16-13-18(23-15-22-16)24-12-6-10-20(2,14-24)19(25)21-11-9-17-7-4-3-5-8-17/h3-5,7-8,13,15H,6,9-12,14H2,1-2H3,(H,21,25)/t20-/m0/s1. The molecule has 1 atom stereocenters. The molecule has 0 spiro atoms. The van der Waals surface area contributed by atoms with E-state index in [1.54, 1.807) is 6.33 Å². The zero-order valence-corrected chi connectivity index (χ0v) is 15.0. The normalized spacial score (nSPS) is 20.3. The van der Waals surface area contributed by atoms with Crippen molar-refractivity contribution in [3.8, 4) is 0 Å². The van der Waals surface area contributed by atoms with Gasteiger partial charge in [-0.15, -0.1) is 0 Å². The van der Waals surface area contributed by atoms with Gasteiger partial charge in [0, 0.05) is 31.4 Å². The quantitative estimate of drug-likeness (QED) is 0.911. The van der Waals surface area contributed by atoms with E-state index in [-0.39, 0.29) is 11.3 Å². The fraction of sp³-hybridized carbons (Fsp3) is 0.450. The number of carbonyl (C=O) groups excluding carboxylic acids is 1. The summed E-state index contributed by atoms with van der Waals surface area (Å²) in [5.74, 6) is 1.05. The lowest BCUT2D eigenvalue weighted by Crippen LogP contribution is -2.51. The van der Waals surface area contributed by atoms with Gasteiger partial charge >= 0.3 is 0 Å². The van der Waals surface area contributed by atoms with Crippen molar-refractivity contribution in [3.63, 3.8) is 0 Å². The van der Waals surface area contributed by atoms with Crippen LogP contribution in [-0.4, -0.2) is 35.5 Å². The van der Waals surface area contributed by atoms with Crippen LogP contribution < -0.4 is 10.2 Å². The van der Waals surface area contributed by atoms with Gasteiger partial charge in [-0.3, -0.25) is 4.79 Å². The molecule has 1 fully saturated rings. The first-order chi connectivity index (χ1) is 12.1.